The lowest BCUT2D eigenvalue weighted by Gasteiger charge is -2.33. The molecule has 30 heavy (non-hydrogen) atoms. The van der Waals surface area contributed by atoms with E-state index in [9.17, 15) is 18.5 Å². The number of carbonyl (C=O) groups is 2. The maximum absolute atomic E-state index is 12.7. The molecule has 0 aliphatic carbocycles. The zero-order valence-electron chi connectivity index (χ0n) is 15.6. The molecule has 3 rings (SSSR count). The van der Waals surface area contributed by atoms with Gasteiger partial charge in [-0.2, -0.15) is 15.6 Å². The van der Waals surface area contributed by atoms with E-state index in [0.29, 0.717) is 26.2 Å². The first-order chi connectivity index (χ1) is 14.1. The van der Waals surface area contributed by atoms with Crippen molar-refractivity contribution < 1.29 is 33.1 Å². The van der Waals surface area contributed by atoms with Crippen molar-refractivity contribution in [2.75, 3.05) is 26.2 Å². The number of carboxylic acids is 2. The number of para-hydroxylation sites is 1. The second-order valence-electron chi connectivity index (χ2n) is 6.15. The summed E-state index contributed by atoms with van der Waals surface area (Å²) in [5.74, 6) is -3.65. The molecule has 0 spiro atoms. The number of aliphatic carboxylic acids is 2. The molecule has 11 nitrogen and oxygen atoms in total. The van der Waals surface area contributed by atoms with Gasteiger partial charge < -0.3 is 10.2 Å². The van der Waals surface area contributed by atoms with Gasteiger partial charge in [0.05, 0.1) is 4.92 Å². The van der Waals surface area contributed by atoms with Crippen LogP contribution in [0.3, 0.4) is 0 Å². The highest BCUT2D eigenvalue weighted by molar-refractivity contribution is 7.89. The topological polar surface area (TPSA) is 158 Å². The molecule has 2 aromatic rings. The molecule has 0 unspecified atom stereocenters. The summed E-state index contributed by atoms with van der Waals surface area (Å²) in [6.07, 6.45) is 0. The van der Waals surface area contributed by atoms with Gasteiger partial charge >= 0.3 is 11.9 Å². The van der Waals surface area contributed by atoms with E-state index in [2.05, 4.69) is 16.3 Å². The first-order valence-corrected chi connectivity index (χ1v) is 10.9. The summed E-state index contributed by atoms with van der Waals surface area (Å²) in [7, 11) is -3.86. The first-order valence-electron chi connectivity index (χ1n) is 8.56. The number of thiophene rings is 1. The van der Waals surface area contributed by atoms with Crippen molar-refractivity contribution >= 4 is 39.0 Å². The summed E-state index contributed by atoms with van der Waals surface area (Å²) >= 11 is 1.64. The predicted molar refractivity (Wildman–Crippen MR) is 107 cm³/mol. The highest BCUT2D eigenvalue weighted by Crippen LogP contribution is 2.27. The van der Waals surface area contributed by atoms with E-state index in [4.69, 9.17) is 19.8 Å². The van der Waals surface area contributed by atoms with E-state index in [1.807, 2.05) is 5.38 Å². The molecule has 0 amide bonds. The first kappa shape index (κ1) is 23.4. The maximum Gasteiger partial charge on any atom is 0.414 e. The molecule has 1 fully saturated rings. The van der Waals surface area contributed by atoms with Crippen molar-refractivity contribution in [1.82, 2.24) is 9.21 Å². The predicted octanol–water partition coefficient (Wildman–Crippen LogP) is 1.32. The smallest absolute Gasteiger partial charge is 0.414 e. The Balaban J connectivity index is 0.000000469. The molecule has 162 valence electrons. The van der Waals surface area contributed by atoms with Crippen LogP contribution in [0.2, 0.25) is 0 Å². The Morgan fingerprint density at radius 2 is 1.67 bits per heavy atom. The van der Waals surface area contributed by atoms with E-state index < -0.39 is 26.9 Å². The zero-order valence-corrected chi connectivity index (χ0v) is 17.2. The molecule has 0 radical (unpaired) electrons. The number of sulfonamides is 1. The molecule has 1 saturated heterocycles. The third kappa shape index (κ3) is 6.06. The number of nitrogens with zero attached hydrogens (tertiary/aromatic N) is 3. The van der Waals surface area contributed by atoms with Crippen LogP contribution in [0.5, 0.6) is 0 Å². The van der Waals surface area contributed by atoms with Crippen molar-refractivity contribution in [3.8, 4) is 0 Å². The number of rotatable bonds is 5. The third-order valence-corrected chi connectivity index (χ3v) is 6.86. The van der Waals surface area contributed by atoms with Gasteiger partial charge in [-0.3, -0.25) is 15.0 Å². The van der Waals surface area contributed by atoms with Crippen LogP contribution < -0.4 is 0 Å². The second-order valence-corrected chi connectivity index (χ2v) is 8.83. The van der Waals surface area contributed by atoms with Crippen LogP contribution in [0.25, 0.3) is 0 Å². The second kappa shape index (κ2) is 10.2. The van der Waals surface area contributed by atoms with Crippen LogP contribution in [-0.4, -0.2) is 70.9 Å². The fraction of sp³-hybridized carbons (Fsp3) is 0.294. The lowest BCUT2D eigenvalue weighted by atomic mass is 10.3. The normalized spacial score (nSPS) is 15.1. The molecule has 1 aromatic heterocycles. The maximum atomic E-state index is 12.7. The van der Waals surface area contributed by atoms with Crippen LogP contribution in [0, 0.1) is 10.1 Å². The van der Waals surface area contributed by atoms with E-state index >= 15 is 0 Å². The van der Waals surface area contributed by atoms with E-state index in [1.54, 1.807) is 11.3 Å². The van der Waals surface area contributed by atoms with Crippen LogP contribution >= 0.6 is 11.3 Å². The number of nitro benzene ring substituents is 1. The number of hydrogen-bond donors (Lipinski definition) is 2. The standard InChI is InChI=1S/C15H17N3O4S2.C2H2O4/c19-18(20)14-3-1-2-4-15(14)24(21,22)17-8-6-16(7-9-17)11-13-5-10-23-12-13;3-1(4)2(5)6/h1-5,10,12H,6-9,11H2;(H,3,4)(H,5,6). The van der Waals surface area contributed by atoms with Gasteiger partial charge in [-0.1, -0.05) is 12.1 Å². The molecular formula is C17H19N3O8S2. The van der Waals surface area contributed by atoms with Gasteiger partial charge in [0.1, 0.15) is 0 Å². The minimum absolute atomic E-state index is 0.235. The van der Waals surface area contributed by atoms with Crippen molar-refractivity contribution in [2.24, 2.45) is 0 Å². The van der Waals surface area contributed by atoms with Crippen LogP contribution in [0.1, 0.15) is 5.56 Å². The van der Waals surface area contributed by atoms with Gasteiger partial charge in [0.25, 0.3) is 5.69 Å². The Labute approximate surface area is 176 Å². The van der Waals surface area contributed by atoms with Gasteiger partial charge in [0.2, 0.25) is 10.0 Å². The Bertz CT molecular complexity index is 988. The summed E-state index contributed by atoms with van der Waals surface area (Å²) in [4.78, 5) is 30.6. The van der Waals surface area contributed by atoms with Crippen molar-refractivity contribution in [3.63, 3.8) is 0 Å². The van der Waals surface area contributed by atoms with Crippen molar-refractivity contribution in [1.29, 1.82) is 0 Å². The highest BCUT2D eigenvalue weighted by Gasteiger charge is 2.33. The van der Waals surface area contributed by atoms with Crippen LogP contribution in [-0.2, 0) is 26.2 Å². The van der Waals surface area contributed by atoms with E-state index in [1.165, 1.54) is 34.1 Å². The summed E-state index contributed by atoms with van der Waals surface area (Å²) < 4.78 is 26.8. The van der Waals surface area contributed by atoms with Crippen LogP contribution in [0.15, 0.2) is 46.0 Å². The van der Waals surface area contributed by atoms with Crippen molar-refractivity contribution in [2.45, 2.75) is 11.4 Å². The van der Waals surface area contributed by atoms with E-state index in [-0.39, 0.29) is 10.6 Å². The fourth-order valence-corrected chi connectivity index (χ4v) is 4.97. The molecule has 0 saturated carbocycles. The van der Waals surface area contributed by atoms with Gasteiger partial charge in [-0.05, 0) is 28.5 Å². The molecule has 13 heteroatoms. The average molecular weight is 457 g/mol. The largest absolute Gasteiger partial charge is 0.473 e. The molecule has 0 atom stereocenters. The molecule has 0 bridgehead atoms. The summed E-state index contributed by atoms with van der Waals surface area (Å²) in [6, 6.07) is 7.55. The Morgan fingerprint density at radius 3 is 2.17 bits per heavy atom. The number of hydrogen-bond acceptors (Lipinski definition) is 8. The quantitative estimate of drug-likeness (QED) is 0.383. The lowest BCUT2D eigenvalue weighted by molar-refractivity contribution is -0.387. The van der Waals surface area contributed by atoms with Crippen molar-refractivity contribution in [3.05, 3.63) is 56.8 Å². The molecule has 1 aromatic carbocycles. The Kier molecular flexibility index (Phi) is 8.00. The van der Waals surface area contributed by atoms with Gasteiger partial charge in [0, 0.05) is 38.8 Å². The number of nitro groups is 1. The molecule has 1 aliphatic rings. The fourth-order valence-electron chi connectivity index (χ4n) is 2.73. The molecule has 2 N–H and O–H groups in total. The summed E-state index contributed by atoms with van der Waals surface area (Å²) in [5, 5.41) is 30.0. The molecule has 2 heterocycles. The van der Waals surface area contributed by atoms with Gasteiger partial charge in [0.15, 0.2) is 4.90 Å². The SMILES string of the molecule is O=C(O)C(=O)O.O=[N+]([O-])c1ccccc1S(=O)(=O)N1CCN(Cc2ccsc2)CC1. The summed E-state index contributed by atoms with van der Waals surface area (Å²) in [6.45, 7) is 2.67. The lowest BCUT2D eigenvalue weighted by Crippen LogP contribution is -2.48. The minimum Gasteiger partial charge on any atom is -0.473 e. The molecule has 1 aliphatic heterocycles. The Morgan fingerprint density at radius 1 is 1.07 bits per heavy atom. The third-order valence-electron chi connectivity index (χ3n) is 4.18. The number of piperazine rings is 1. The zero-order chi connectivity index (χ0) is 22.3. The number of carboxylic acid groups (broad SMARTS) is 2. The highest BCUT2D eigenvalue weighted by atomic mass is 32.2. The minimum atomic E-state index is -3.86. The summed E-state index contributed by atoms with van der Waals surface area (Å²) in [5.41, 5.74) is 0.841. The van der Waals surface area contributed by atoms with Crippen LogP contribution in [0.4, 0.5) is 5.69 Å². The number of benzene rings is 1. The van der Waals surface area contributed by atoms with Gasteiger partial charge in [-0.15, -0.1) is 0 Å². The Hall–Kier alpha value is -2.87. The monoisotopic (exact) mass is 457 g/mol. The average Bonchev–Trinajstić information content (AvgIpc) is 3.22. The van der Waals surface area contributed by atoms with E-state index in [0.717, 1.165) is 6.54 Å². The van der Waals surface area contributed by atoms with Gasteiger partial charge in [-0.25, -0.2) is 18.0 Å². The molecular weight excluding hydrogens is 438 g/mol.